The Labute approximate surface area is 118 Å². The summed E-state index contributed by atoms with van der Waals surface area (Å²) in [6.07, 6.45) is 5.22. The number of nitrogens with zero attached hydrogens (tertiary/aromatic N) is 1. The summed E-state index contributed by atoms with van der Waals surface area (Å²) in [5.41, 5.74) is 4.33. The van der Waals surface area contributed by atoms with Gasteiger partial charge in [-0.15, -0.1) is 0 Å². The molecule has 106 valence electrons. The van der Waals surface area contributed by atoms with Crippen molar-refractivity contribution in [2.45, 2.75) is 39.0 Å². The number of ether oxygens (including phenoxy) is 2. The van der Waals surface area contributed by atoms with Crippen molar-refractivity contribution < 1.29 is 14.7 Å². The molecule has 4 heteroatoms. The summed E-state index contributed by atoms with van der Waals surface area (Å²) in [7, 11) is 0. The van der Waals surface area contributed by atoms with E-state index in [9.17, 15) is 5.21 Å². The lowest BCUT2D eigenvalue weighted by atomic mass is 9.97. The van der Waals surface area contributed by atoms with Crippen molar-refractivity contribution >= 4 is 11.3 Å². The quantitative estimate of drug-likeness (QED) is 0.666. The van der Waals surface area contributed by atoms with Crippen molar-refractivity contribution in [1.29, 1.82) is 0 Å². The van der Waals surface area contributed by atoms with E-state index >= 15 is 0 Å². The van der Waals surface area contributed by atoms with Crippen LogP contribution in [0.2, 0.25) is 0 Å². The van der Waals surface area contributed by atoms with Gasteiger partial charge in [-0.1, -0.05) is 30.1 Å². The maximum atomic E-state index is 9.23. The van der Waals surface area contributed by atoms with E-state index in [-0.39, 0.29) is 6.79 Å². The molecule has 0 amide bonds. The minimum absolute atomic E-state index is 0.279. The second-order valence-electron chi connectivity index (χ2n) is 5.20. The van der Waals surface area contributed by atoms with Gasteiger partial charge in [0.15, 0.2) is 11.5 Å². The van der Waals surface area contributed by atoms with Crippen molar-refractivity contribution in [3.8, 4) is 11.5 Å². The number of benzene rings is 1. The molecule has 1 aliphatic carbocycles. The molecule has 1 N–H and O–H groups in total. The predicted molar refractivity (Wildman–Crippen MR) is 77.5 cm³/mol. The first-order chi connectivity index (χ1) is 9.83. The number of unbranched alkanes of at least 4 members (excludes halogenated alkanes) is 1. The summed E-state index contributed by atoms with van der Waals surface area (Å²) in [5.74, 6) is 1.55. The molecule has 1 aromatic rings. The van der Waals surface area contributed by atoms with Gasteiger partial charge in [0.1, 0.15) is 0 Å². The van der Waals surface area contributed by atoms with Crippen LogP contribution in [0, 0.1) is 0 Å². The minimum Gasteiger partial charge on any atom is -0.454 e. The largest absolute Gasteiger partial charge is 0.454 e. The molecule has 0 bridgehead atoms. The molecule has 4 nitrogen and oxygen atoms in total. The first-order valence-corrected chi connectivity index (χ1v) is 7.17. The van der Waals surface area contributed by atoms with Crippen molar-refractivity contribution in [3.05, 3.63) is 29.3 Å². The van der Waals surface area contributed by atoms with Crippen LogP contribution in [0.4, 0.5) is 0 Å². The number of hydrogen-bond acceptors (Lipinski definition) is 4. The van der Waals surface area contributed by atoms with Gasteiger partial charge in [-0.2, -0.15) is 0 Å². The molecule has 0 aromatic heterocycles. The van der Waals surface area contributed by atoms with Gasteiger partial charge < -0.3 is 14.7 Å². The second kappa shape index (κ2) is 5.57. The average Bonchev–Trinajstić information content (AvgIpc) is 3.10. The zero-order chi connectivity index (χ0) is 13.9. The topological polar surface area (TPSA) is 51.0 Å². The third-order valence-corrected chi connectivity index (χ3v) is 3.92. The molecule has 0 saturated heterocycles. The molecule has 3 rings (SSSR count). The Balaban J connectivity index is 1.99. The van der Waals surface area contributed by atoms with Gasteiger partial charge in [-0.25, -0.2) is 0 Å². The van der Waals surface area contributed by atoms with Crippen LogP contribution in [0.15, 0.2) is 28.9 Å². The molecule has 0 saturated carbocycles. The minimum atomic E-state index is 0.279. The maximum absolute atomic E-state index is 9.23. The Morgan fingerprint density at radius 2 is 2.05 bits per heavy atom. The van der Waals surface area contributed by atoms with Crippen LogP contribution in [0.1, 0.15) is 44.6 Å². The van der Waals surface area contributed by atoms with Gasteiger partial charge >= 0.3 is 0 Å². The van der Waals surface area contributed by atoms with Gasteiger partial charge in [-0.3, -0.25) is 0 Å². The molecule has 20 heavy (non-hydrogen) atoms. The van der Waals surface area contributed by atoms with E-state index < -0.39 is 0 Å². The Morgan fingerprint density at radius 1 is 1.20 bits per heavy atom. The van der Waals surface area contributed by atoms with E-state index in [0.29, 0.717) is 0 Å². The van der Waals surface area contributed by atoms with Crippen molar-refractivity contribution in [1.82, 2.24) is 0 Å². The Kier molecular flexibility index (Phi) is 3.63. The average molecular weight is 273 g/mol. The van der Waals surface area contributed by atoms with E-state index in [2.05, 4.69) is 12.1 Å². The van der Waals surface area contributed by atoms with Crippen LogP contribution < -0.4 is 9.47 Å². The number of allylic oxidation sites excluding steroid dienone is 2. The second-order valence-corrected chi connectivity index (χ2v) is 5.20. The van der Waals surface area contributed by atoms with E-state index in [1.54, 1.807) is 0 Å². The summed E-state index contributed by atoms with van der Waals surface area (Å²) >= 11 is 0. The molecule has 0 fully saturated rings. The molecule has 0 unspecified atom stereocenters. The highest BCUT2D eigenvalue weighted by Crippen LogP contribution is 2.39. The standard InChI is InChI=1S/C16H19NO3/c1-2-3-4-11-5-7-13(17-18)16(11)12-6-8-14-15(9-12)20-10-19-14/h6,8-9,18H,2-5,7,10H2,1H3/b17-13+. The van der Waals surface area contributed by atoms with E-state index in [4.69, 9.17) is 9.47 Å². The number of hydrogen-bond donors (Lipinski definition) is 1. The van der Waals surface area contributed by atoms with Crippen molar-refractivity contribution in [3.63, 3.8) is 0 Å². The lowest BCUT2D eigenvalue weighted by Crippen LogP contribution is -1.97. The molecule has 0 atom stereocenters. The maximum Gasteiger partial charge on any atom is 0.231 e. The fourth-order valence-electron chi connectivity index (χ4n) is 2.89. The summed E-state index contributed by atoms with van der Waals surface area (Å²) < 4.78 is 10.8. The van der Waals surface area contributed by atoms with E-state index in [0.717, 1.165) is 47.6 Å². The molecular formula is C16H19NO3. The molecule has 1 aromatic carbocycles. The zero-order valence-electron chi connectivity index (χ0n) is 11.7. The highest BCUT2D eigenvalue weighted by atomic mass is 16.7. The Bertz CT molecular complexity index is 575. The Morgan fingerprint density at radius 3 is 2.85 bits per heavy atom. The Hall–Kier alpha value is -1.97. The van der Waals surface area contributed by atoms with Crippen LogP contribution in [0.5, 0.6) is 11.5 Å². The zero-order valence-corrected chi connectivity index (χ0v) is 11.7. The summed E-state index contributed by atoms with van der Waals surface area (Å²) in [4.78, 5) is 0. The van der Waals surface area contributed by atoms with Crippen LogP contribution >= 0.6 is 0 Å². The molecule has 0 radical (unpaired) electrons. The lowest BCUT2D eigenvalue weighted by Gasteiger charge is -2.09. The number of rotatable bonds is 4. The van der Waals surface area contributed by atoms with Crippen LogP contribution in [-0.4, -0.2) is 17.7 Å². The molecule has 1 heterocycles. The molecule has 1 aliphatic heterocycles. The summed E-state index contributed by atoms with van der Waals surface area (Å²) in [5, 5.41) is 12.7. The molecule has 2 aliphatic rings. The van der Waals surface area contributed by atoms with E-state index in [1.165, 1.54) is 18.4 Å². The number of oxime groups is 1. The SMILES string of the molecule is CCCCC1=C(c2ccc3c(c2)OCO3)/C(=N/O)CC1. The highest BCUT2D eigenvalue weighted by molar-refractivity contribution is 6.26. The van der Waals surface area contributed by atoms with Gasteiger partial charge in [-0.05, 0) is 43.4 Å². The molecule has 0 spiro atoms. The van der Waals surface area contributed by atoms with Gasteiger partial charge in [0.2, 0.25) is 6.79 Å². The highest BCUT2D eigenvalue weighted by Gasteiger charge is 2.24. The van der Waals surface area contributed by atoms with Gasteiger partial charge in [0, 0.05) is 5.57 Å². The van der Waals surface area contributed by atoms with Crippen molar-refractivity contribution in [2.24, 2.45) is 5.16 Å². The molecular weight excluding hydrogens is 254 g/mol. The third kappa shape index (κ3) is 2.26. The van der Waals surface area contributed by atoms with Crippen molar-refractivity contribution in [2.75, 3.05) is 6.79 Å². The summed E-state index contributed by atoms with van der Waals surface area (Å²) in [6, 6.07) is 5.93. The fourth-order valence-corrected chi connectivity index (χ4v) is 2.89. The first kappa shape index (κ1) is 13.0. The van der Waals surface area contributed by atoms with Gasteiger partial charge in [0.05, 0.1) is 5.71 Å². The lowest BCUT2D eigenvalue weighted by molar-refractivity contribution is 0.174. The van der Waals surface area contributed by atoms with Crippen LogP contribution in [-0.2, 0) is 0 Å². The third-order valence-electron chi connectivity index (χ3n) is 3.92. The predicted octanol–water partition coefficient (Wildman–Crippen LogP) is 3.98. The summed E-state index contributed by atoms with van der Waals surface area (Å²) in [6.45, 7) is 2.47. The van der Waals surface area contributed by atoms with Crippen LogP contribution in [0.25, 0.3) is 5.57 Å². The van der Waals surface area contributed by atoms with E-state index in [1.807, 2.05) is 18.2 Å². The number of fused-ring (bicyclic) bond motifs is 1. The van der Waals surface area contributed by atoms with Crippen LogP contribution in [0.3, 0.4) is 0 Å². The normalized spacial score (nSPS) is 19.1. The fraction of sp³-hybridized carbons (Fsp3) is 0.438. The van der Waals surface area contributed by atoms with Gasteiger partial charge in [0.25, 0.3) is 0 Å². The smallest absolute Gasteiger partial charge is 0.231 e. The first-order valence-electron chi connectivity index (χ1n) is 7.17. The monoisotopic (exact) mass is 273 g/mol.